The molecule has 0 atom stereocenters. The Labute approximate surface area is 51.2 Å². The number of nitrogens with one attached hydrogen (secondary N) is 1. The molecule has 0 saturated carbocycles. The maximum absolute atomic E-state index is 4.95. The number of rotatable bonds is 5. The van der Waals surface area contributed by atoms with Gasteiger partial charge in [-0.3, -0.25) is 0 Å². The van der Waals surface area contributed by atoms with Crippen LogP contribution < -0.4 is 5.32 Å². The first kappa shape index (κ1) is 7.92. The van der Waals surface area contributed by atoms with Crippen LogP contribution in [0.25, 0.3) is 0 Å². The molecular weight excluding hydrogens is 102 g/mol. The second kappa shape index (κ2) is 6.92. The lowest BCUT2D eigenvalue weighted by atomic mass is 10.6. The number of ether oxygens (including phenoxy) is 1. The molecule has 0 aliphatic rings. The van der Waals surface area contributed by atoms with Gasteiger partial charge >= 0.3 is 0 Å². The molecule has 2 nitrogen and oxygen atoms in total. The lowest BCUT2D eigenvalue weighted by molar-refractivity contribution is 0.205. The minimum atomic E-state index is 0.782. The maximum Gasteiger partial charge on any atom is 0.0806 e. The average Bonchev–Trinajstić information content (AvgIpc) is 1.81. The van der Waals surface area contributed by atoms with Crippen molar-refractivity contribution in [3.63, 3.8) is 0 Å². The minimum Gasteiger partial charge on any atom is -0.375 e. The largest absolute Gasteiger partial charge is 0.375 e. The third kappa shape index (κ3) is 5.92. The van der Waals surface area contributed by atoms with Gasteiger partial charge in [0, 0.05) is 6.54 Å². The van der Waals surface area contributed by atoms with Gasteiger partial charge in [-0.05, 0) is 13.5 Å². The van der Waals surface area contributed by atoms with E-state index >= 15 is 0 Å². The molecule has 1 N–H and O–H groups in total. The van der Waals surface area contributed by atoms with Gasteiger partial charge in [-0.25, -0.2) is 0 Å². The Morgan fingerprint density at radius 3 is 2.88 bits per heavy atom. The first-order valence-corrected chi connectivity index (χ1v) is 3.02. The van der Waals surface area contributed by atoms with E-state index in [4.69, 9.17) is 4.74 Å². The molecule has 0 amide bonds. The van der Waals surface area contributed by atoms with Crippen molar-refractivity contribution in [2.24, 2.45) is 0 Å². The fraction of sp³-hybridized carbons (Fsp3) is 0.833. The van der Waals surface area contributed by atoms with Crippen molar-refractivity contribution in [3.8, 4) is 0 Å². The summed E-state index contributed by atoms with van der Waals surface area (Å²) in [6.07, 6.45) is 0. The molecule has 0 heterocycles. The SMILES string of the molecule is C[CH]OCCNCC. The van der Waals surface area contributed by atoms with Crippen molar-refractivity contribution in [3.05, 3.63) is 6.61 Å². The van der Waals surface area contributed by atoms with Crippen molar-refractivity contribution in [2.45, 2.75) is 13.8 Å². The third-order valence-corrected chi connectivity index (χ3v) is 0.813. The Kier molecular flexibility index (Phi) is 6.85. The minimum absolute atomic E-state index is 0.782. The first-order valence-electron chi connectivity index (χ1n) is 3.02. The van der Waals surface area contributed by atoms with Crippen molar-refractivity contribution in [1.82, 2.24) is 5.32 Å². The predicted octanol–water partition coefficient (Wildman–Crippen LogP) is 0.794. The molecule has 2 heteroatoms. The summed E-state index contributed by atoms with van der Waals surface area (Å²) in [6.45, 7) is 8.41. The Hall–Kier alpha value is -0.0800. The van der Waals surface area contributed by atoms with Crippen LogP contribution in [0.4, 0.5) is 0 Å². The Bertz CT molecular complexity index is 33.5. The highest BCUT2D eigenvalue weighted by atomic mass is 16.5. The van der Waals surface area contributed by atoms with Crippen LogP contribution in [0, 0.1) is 6.61 Å². The van der Waals surface area contributed by atoms with Gasteiger partial charge in [-0.1, -0.05) is 6.92 Å². The van der Waals surface area contributed by atoms with Gasteiger partial charge in [0.1, 0.15) is 0 Å². The zero-order chi connectivity index (χ0) is 6.24. The monoisotopic (exact) mass is 116 g/mol. The zero-order valence-electron chi connectivity index (χ0n) is 5.61. The molecule has 0 aromatic rings. The smallest absolute Gasteiger partial charge is 0.0806 e. The summed E-state index contributed by atoms with van der Waals surface area (Å²) < 4.78 is 4.95. The fourth-order valence-corrected chi connectivity index (χ4v) is 0.426. The molecule has 0 aliphatic heterocycles. The lowest BCUT2D eigenvalue weighted by Crippen LogP contribution is -2.18. The Morgan fingerprint density at radius 1 is 1.62 bits per heavy atom. The molecular formula is C6H14NO. The van der Waals surface area contributed by atoms with Gasteiger partial charge < -0.3 is 10.1 Å². The van der Waals surface area contributed by atoms with E-state index in [0.29, 0.717) is 0 Å². The number of hydrogen-bond acceptors (Lipinski definition) is 2. The van der Waals surface area contributed by atoms with Crippen molar-refractivity contribution in [1.29, 1.82) is 0 Å². The van der Waals surface area contributed by atoms with E-state index in [1.165, 1.54) is 0 Å². The van der Waals surface area contributed by atoms with Crippen molar-refractivity contribution >= 4 is 0 Å². The molecule has 1 radical (unpaired) electrons. The van der Waals surface area contributed by atoms with E-state index in [-0.39, 0.29) is 0 Å². The normalized spacial score (nSPS) is 9.75. The predicted molar refractivity (Wildman–Crippen MR) is 34.5 cm³/mol. The molecule has 0 aliphatic carbocycles. The number of likely N-dealkylation sites (N-methyl/N-ethyl adjacent to an activating group) is 1. The van der Waals surface area contributed by atoms with Crippen molar-refractivity contribution in [2.75, 3.05) is 19.7 Å². The van der Waals surface area contributed by atoms with Gasteiger partial charge in [-0.15, -0.1) is 0 Å². The van der Waals surface area contributed by atoms with Crippen LogP contribution in [0.3, 0.4) is 0 Å². The standard InChI is InChI=1S/C6H14NO/c1-3-7-5-6-8-4-2/h4,7H,3,5-6H2,1-2H3. The van der Waals surface area contributed by atoms with E-state index in [2.05, 4.69) is 12.2 Å². The molecule has 0 unspecified atom stereocenters. The summed E-state index contributed by atoms with van der Waals surface area (Å²) in [5, 5.41) is 3.14. The second-order valence-electron chi connectivity index (χ2n) is 1.46. The molecule has 0 spiro atoms. The highest BCUT2D eigenvalue weighted by molar-refractivity contribution is 4.41. The summed E-state index contributed by atoms with van der Waals surface area (Å²) in [5.41, 5.74) is 0. The Balaban J connectivity index is 2.53. The molecule has 0 aromatic heterocycles. The van der Waals surface area contributed by atoms with Crippen LogP contribution in [0.5, 0.6) is 0 Å². The summed E-state index contributed by atoms with van der Waals surface area (Å²) >= 11 is 0. The van der Waals surface area contributed by atoms with E-state index < -0.39 is 0 Å². The van der Waals surface area contributed by atoms with E-state index in [1.807, 2.05) is 6.92 Å². The van der Waals surface area contributed by atoms with Crippen LogP contribution >= 0.6 is 0 Å². The van der Waals surface area contributed by atoms with Gasteiger partial charge in [0.25, 0.3) is 0 Å². The first-order chi connectivity index (χ1) is 3.91. The molecule has 8 heavy (non-hydrogen) atoms. The van der Waals surface area contributed by atoms with E-state index in [0.717, 1.165) is 19.7 Å². The lowest BCUT2D eigenvalue weighted by Gasteiger charge is -1.98. The van der Waals surface area contributed by atoms with E-state index in [1.54, 1.807) is 6.61 Å². The summed E-state index contributed by atoms with van der Waals surface area (Å²) in [5.74, 6) is 0. The van der Waals surface area contributed by atoms with Gasteiger partial charge in [0.2, 0.25) is 0 Å². The molecule has 0 rings (SSSR count). The molecule has 0 fully saturated rings. The van der Waals surface area contributed by atoms with Gasteiger partial charge in [0.15, 0.2) is 0 Å². The van der Waals surface area contributed by atoms with Gasteiger partial charge in [0.05, 0.1) is 13.2 Å². The number of hydrogen-bond donors (Lipinski definition) is 1. The average molecular weight is 116 g/mol. The summed E-state index contributed by atoms with van der Waals surface area (Å²) in [7, 11) is 0. The maximum atomic E-state index is 4.95. The van der Waals surface area contributed by atoms with Gasteiger partial charge in [-0.2, -0.15) is 0 Å². The topological polar surface area (TPSA) is 21.3 Å². The highest BCUT2D eigenvalue weighted by Gasteiger charge is 1.80. The summed E-state index contributed by atoms with van der Waals surface area (Å²) in [4.78, 5) is 0. The second-order valence-corrected chi connectivity index (χ2v) is 1.46. The summed E-state index contributed by atoms with van der Waals surface area (Å²) in [6, 6.07) is 0. The zero-order valence-corrected chi connectivity index (χ0v) is 5.61. The van der Waals surface area contributed by atoms with Crippen LogP contribution in [-0.4, -0.2) is 19.7 Å². The van der Waals surface area contributed by atoms with Crippen molar-refractivity contribution < 1.29 is 4.74 Å². The highest BCUT2D eigenvalue weighted by Crippen LogP contribution is 1.74. The quantitative estimate of drug-likeness (QED) is 0.536. The molecule has 0 saturated heterocycles. The molecule has 0 bridgehead atoms. The van der Waals surface area contributed by atoms with Crippen LogP contribution in [0.15, 0.2) is 0 Å². The van der Waals surface area contributed by atoms with E-state index in [9.17, 15) is 0 Å². The third-order valence-electron chi connectivity index (χ3n) is 0.813. The van der Waals surface area contributed by atoms with Crippen LogP contribution in [-0.2, 0) is 4.74 Å². The molecule has 0 aromatic carbocycles. The molecule has 49 valence electrons. The van der Waals surface area contributed by atoms with Crippen LogP contribution in [0.1, 0.15) is 13.8 Å². The Morgan fingerprint density at radius 2 is 2.38 bits per heavy atom. The van der Waals surface area contributed by atoms with Crippen LogP contribution in [0.2, 0.25) is 0 Å². The fourth-order valence-electron chi connectivity index (χ4n) is 0.426.